The molecule has 84 valence electrons. The molecule has 15 heavy (non-hydrogen) atoms. The minimum absolute atomic E-state index is 0.400. The van der Waals surface area contributed by atoms with Gasteiger partial charge in [0.15, 0.2) is 0 Å². The summed E-state index contributed by atoms with van der Waals surface area (Å²) in [5, 5.41) is 3.37. The molecule has 1 unspecified atom stereocenters. The second-order valence-electron chi connectivity index (χ2n) is 4.63. The molecule has 1 heterocycles. The Balaban J connectivity index is 1.77. The maximum absolute atomic E-state index is 6.21. The van der Waals surface area contributed by atoms with Gasteiger partial charge < -0.3 is 5.73 Å². The highest BCUT2D eigenvalue weighted by Gasteiger charge is 2.21. The third-order valence-corrected chi connectivity index (χ3v) is 4.39. The van der Waals surface area contributed by atoms with Crippen LogP contribution in [0.3, 0.4) is 0 Å². The first kappa shape index (κ1) is 11.1. The summed E-state index contributed by atoms with van der Waals surface area (Å²) in [4.78, 5) is 4.47. The van der Waals surface area contributed by atoms with E-state index in [0.29, 0.717) is 6.04 Å². The quantitative estimate of drug-likeness (QED) is 0.854. The zero-order chi connectivity index (χ0) is 10.7. The average molecular weight is 224 g/mol. The van der Waals surface area contributed by atoms with E-state index < -0.39 is 0 Å². The Kier molecular flexibility index (Phi) is 3.76. The number of rotatable bonds is 4. The molecule has 2 N–H and O–H groups in total. The van der Waals surface area contributed by atoms with Crippen LogP contribution < -0.4 is 5.73 Å². The summed E-state index contributed by atoms with van der Waals surface area (Å²) in [6, 6.07) is 0.400. The molecule has 0 saturated heterocycles. The van der Waals surface area contributed by atoms with Gasteiger partial charge in [-0.1, -0.05) is 12.8 Å². The highest BCUT2D eigenvalue weighted by atomic mass is 32.1. The lowest BCUT2D eigenvalue weighted by Crippen LogP contribution is -2.28. The maximum Gasteiger partial charge on any atom is 0.0928 e. The van der Waals surface area contributed by atoms with Crippen molar-refractivity contribution in [3.05, 3.63) is 16.1 Å². The summed E-state index contributed by atoms with van der Waals surface area (Å²) in [5.74, 6) is 0.783. The van der Waals surface area contributed by atoms with Crippen molar-refractivity contribution in [2.24, 2.45) is 11.7 Å². The summed E-state index contributed by atoms with van der Waals surface area (Å²) in [6.07, 6.45) is 7.63. The first-order valence-electron chi connectivity index (χ1n) is 5.92. The van der Waals surface area contributed by atoms with Gasteiger partial charge in [-0.25, -0.2) is 4.98 Å². The molecule has 1 atom stereocenters. The minimum atomic E-state index is 0.400. The molecule has 1 aromatic rings. The summed E-state index contributed by atoms with van der Waals surface area (Å²) >= 11 is 1.77. The minimum Gasteiger partial charge on any atom is -0.327 e. The number of nitrogens with zero attached hydrogens (tertiary/aromatic N) is 1. The fraction of sp³-hybridized carbons (Fsp3) is 0.750. The van der Waals surface area contributed by atoms with E-state index >= 15 is 0 Å². The molecule has 0 spiro atoms. The Morgan fingerprint density at radius 1 is 1.53 bits per heavy atom. The largest absolute Gasteiger partial charge is 0.327 e. The van der Waals surface area contributed by atoms with Crippen LogP contribution in [-0.2, 0) is 6.42 Å². The highest BCUT2D eigenvalue weighted by Crippen LogP contribution is 2.28. The Morgan fingerprint density at radius 2 is 2.27 bits per heavy atom. The molecule has 0 aliphatic heterocycles. The lowest BCUT2D eigenvalue weighted by molar-refractivity contribution is 0.410. The number of hydrogen-bond acceptors (Lipinski definition) is 3. The number of aryl methyl sites for hydroxylation is 2. The molecular weight excluding hydrogens is 204 g/mol. The number of thiazole rings is 1. The Hall–Kier alpha value is -0.410. The fourth-order valence-corrected chi connectivity index (χ4v) is 3.22. The van der Waals surface area contributed by atoms with Gasteiger partial charge in [0, 0.05) is 23.5 Å². The van der Waals surface area contributed by atoms with E-state index in [1.807, 2.05) is 0 Å². The highest BCUT2D eigenvalue weighted by molar-refractivity contribution is 7.09. The van der Waals surface area contributed by atoms with Gasteiger partial charge in [-0.15, -0.1) is 11.3 Å². The van der Waals surface area contributed by atoms with Crippen LogP contribution in [0, 0.1) is 12.8 Å². The van der Waals surface area contributed by atoms with E-state index in [-0.39, 0.29) is 0 Å². The fourth-order valence-electron chi connectivity index (χ4n) is 2.43. The van der Waals surface area contributed by atoms with Crippen LogP contribution in [0.15, 0.2) is 5.38 Å². The van der Waals surface area contributed by atoms with E-state index in [1.165, 1.54) is 30.7 Å². The monoisotopic (exact) mass is 224 g/mol. The predicted octanol–water partition coefficient (Wildman–Crippen LogP) is 2.90. The normalized spacial score (nSPS) is 19.6. The van der Waals surface area contributed by atoms with E-state index in [2.05, 4.69) is 17.3 Å². The van der Waals surface area contributed by atoms with Crippen LogP contribution in [0.4, 0.5) is 0 Å². The lowest BCUT2D eigenvalue weighted by Gasteiger charge is -2.17. The molecule has 1 aliphatic carbocycles. The van der Waals surface area contributed by atoms with Gasteiger partial charge in [0.25, 0.3) is 0 Å². The van der Waals surface area contributed by atoms with Crippen molar-refractivity contribution >= 4 is 11.3 Å². The SMILES string of the molecule is Cc1csc(CCC(N)C2CCCC2)n1. The van der Waals surface area contributed by atoms with Gasteiger partial charge in [-0.3, -0.25) is 0 Å². The average Bonchev–Trinajstić information content (AvgIpc) is 2.84. The van der Waals surface area contributed by atoms with Crippen LogP contribution in [0.2, 0.25) is 0 Å². The molecule has 2 rings (SSSR count). The zero-order valence-corrected chi connectivity index (χ0v) is 10.2. The van der Waals surface area contributed by atoms with E-state index in [0.717, 1.165) is 24.5 Å². The van der Waals surface area contributed by atoms with Gasteiger partial charge in [0.1, 0.15) is 0 Å². The van der Waals surface area contributed by atoms with Crippen molar-refractivity contribution in [3.8, 4) is 0 Å². The first-order chi connectivity index (χ1) is 7.25. The van der Waals surface area contributed by atoms with Crippen molar-refractivity contribution in [2.45, 2.75) is 51.5 Å². The van der Waals surface area contributed by atoms with E-state index in [1.54, 1.807) is 11.3 Å². The van der Waals surface area contributed by atoms with Gasteiger partial charge in [0.2, 0.25) is 0 Å². The zero-order valence-electron chi connectivity index (χ0n) is 9.41. The molecule has 1 aliphatic rings. The van der Waals surface area contributed by atoms with Gasteiger partial charge >= 0.3 is 0 Å². The smallest absolute Gasteiger partial charge is 0.0928 e. The third-order valence-electron chi connectivity index (χ3n) is 3.36. The molecule has 0 aromatic carbocycles. The van der Waals surface area contributed by atoms with Gasteiger partial charge in [-0.05, 0) is 32.1 Å². The van der Waals surface area contributed by atoms with Crippen molar-refractivity contribution in [2.75, 3.05) is 0 Å². The summed E-state index contributed by atoms with van der Waals surface area (Å²) in [6.45, 7) is 2.05. The molecule has 3 heteroatoms. The summed E-state index contributed by atoms with van der Waals surface area (Å²) < 4.78 is 0. The standard InChI is InChI=1S/C12H20N2S/c1-9-8-15-12(14-9)7-6-11(13)10-4-2-3-5-10/h8,10-11H,2-7,13H2,1H3. The van der Waals surface area contributed by atoms with Crippen molar-refractivity contribution < 1.29 is 0 Å². The molecule has 1 saturated carbocycles. The molecule has 0 bridgehead atoms. The van der Waals surface area contributed by atoms with E-state index in [9.17, 15) is 0 Å². The topological polar surface area (TPSA) is 38.9 Å². The first-order valence-corrected chi connectivity index (χ1v) is 6.80. The van der Waals surface area contributed by atoms with Crippen molar-refractivity contribution in [1.29, 1.82) is 0 Å². The van der Waals surface area contributed by atoms with Crippen LogP contribution in [0.1, 0.15) is 42.8 Å². The molecule has 0 radical (unpaired) electrons. The Labute approximate surface area is 95.9 Å². The third kappa shape index (κ3) is 3.02. The van der Waals surface area contributed by atoms with Crippen molar-refractivity contribution in [3.63, 3.8) is 0 Å². The molecule has 1 aromatic heterocycles. The second kappa shape index (κ2) is 5.08. The molecule has 1 fully saturated rings. The summed E-state index contributed by atoms with van der Waals surface area (Å²) in [7, 11) is 0. The maximum atomic E-state index is 6.21. The van der Waals surface area contributed by atoms with Crippen LogP contribution in [0.25, 0.3) is 0 Å². The predicted molar refractivity (Wildman–Crippen MR) is 65.1 cm³/mol. The lowest BCUT2D eigenvalue weighted by atomic mass is 9.95. The van der Waals surface area contributed by atoms with Crippen LogP contribution >= 0.6 is 11.3 Å². The second-order valence-corrected chi connectivity index (χ2v) is 5.57. The van der Waals surface area contributed by atoms with Crippen molar-refractivity contribution in [1.82, 2.24) is 4.98 Å². The van der Waals surface area contributed by atoms with Gasteiger partial charge in [-0.2, -0.15) is 0 Å². The van der Waals surface area contributed by atoms with Crippen LogP contribution in [-0.4, -0.2) is 11.0 Å². The molecule has 0 amide bonds. The number of hydrogen-bond donors (Lipinski definition) is 1. The number of nitrogens with two attached hydrogens (primary N) is 1. The summed E-state index contributed by atoms with van der Waals surface area (Å²) in [5.41, 5.74) is 7.35. The van der Waals surface area contributed by atoms with Crippen LogP contribution in [0.5, 0.6) is 0 Å². The Bertz CT molecular complexity index is 302. The van der Waals surface area contributed by atoms with Gasteiger partial charge in [0.05, 0.1) is 5.01 Å². The molecule has 2 nitrogen and oxygen atoms in total. The molecular formula is C12H20N2S. The Morgan fingerprint density at radius 3 is 2.87 bits per heavy atom. The van der Waals surface area contributed by atoms with E-state index in [4.69, 9.17) is 5.73 Å². The number of aromatic nitrogens is 1.